The fraction of sp³-hybridized carbons (Fsp3) is 0.333. The second-order valence-corrected chi connectivity index (χ2v) is 5.74. The third kappa shape index (κ3) is 4.30. The first-order valence-corrected chi connectivity index (χ1v) is 7.27. The van der Waals surface area contributed by atoms with Crippen LogP contribution in [-0.4, -0.2) is 5.11 Å². The zero-order valence-electron chi connectivity index (χ0n) is 12.7. The standard InChI is InChI=1S/C18H22FNO/c1-12(2)15-4-6-16(7-5-15)13(3)20-11-14-8-17(19)10-18(21)9-14/h4-10,12-13,20-21H,11H2,1-3H3. The second-order valence-electron chi connectivity index (χ2n) is 5.74. The van der Waals surface area contributed by atoms with Crippen molar-refractivity contribution in [3.8, 4) is 5.75 Å². The first-order valence-electron chi connectivity index (χ1n) is 7.27. The molecule has 3 heteroatoms. The largest absolute Gasteiger partial charge is 0.508 e. The molecule has 1 atom stereocenters. The minimum Gasteiger partial charge on any atom is -0.508 e. The Balaban J connectivity index is 1.99. The van der Waals surface area contributed by atoms with Crippen molar-refractivity contribution >= 4 is 0 Å². The van der Waals surface area contributed by atoms with Crippen molar-refractivity contribution < 1.29 is 9.50 Å². The smallest absolute Gasteiger partial charge is 0.127 e. The number of nitrogens with one attached hydrogen (secondary N) is 1. The number of phenolic OH excluding ortho intramolecular Hbond substituents is 1. The van der Waals surface area contributed by atoms with Crippen LogP contribution in [0.1, 0.15) is 49.4 Å². The van der Waals surface area contributed by atoms with Crippen LogP contribution in [0, 0.1) is 5.82 Å². The SMILES string of the molecule is CC(C)c1ccc(C(C)NCc2cc(O)cc(F)c2)cc1. The number of phenols is 1. The van der Waals surface area contributed by atoms with Gasteiger partial charge in [0.2, 0.25) is 0 Å². The maximum absolute atomic E-state index is 13.2. The molecule has 2 rings (SSSR count). The molecule has 112 valence electrons. The number of rotatable bonds is 5. The summed E-state index contributed by atoms with van der Waals surface area (Å²) < 4.78 is 13.2. The van der Waals surface area contributed by atoms with E-state index in [1.54, 1.807) is 6.07 Å². The normalized spacial score (nSPS) is 12.6. The Morgan fingerprint density at radius 1 is 1.00 bits per heavy atom. The highest BCUT2D eigenvalue weighted by atomic mass is 19.1. The van der Waals surface area contributed by atoms with Gasteiger partial charge in [-0.3, -0.25) is 0 Å². The van der Waals surface area contributed by atoms with Gasteiger partial charge >= 0.3 is 0 Å². The molecule has 0 spiro atoms. The van der Waals surface area contributed by atoms with Gasteiger partial charge in [0, 0.05) is 18.7 Å². The number of hydrogen-bond donors (Lipinski definition) is 2. The van der Waals surface area contributed by atoms with Gasteiger partial charge in [0.15, 0.2) is 0 Å². The second kappa shape index (κ2) is 6.72. The van der Waals surface area contributed by atoms with Crippen molar-refractivity contribution in [3.05, 3.63) is 65.0 Å². The molecule has 2 aromatic carbocycles. The topological polar surface area (TPSA) is 32.3 Å². The van der Waals surface area contributed by atoms with Crippen molar-refractivity contribution in [2.75, 3.05) is 0 Å². The van der Waals surface area contributed by atoms with Crippen LogP contribution < -0.4 is 5.32 Å². The number of aromatic hydroxyl groups is 1. The van der Waals surface area contributed by atoms with E-state index in [0.717, 1.165) is 11.6 Å². The van der Waals surface area contributed by atoms with E-state index in [1.165, 1.54) is 17.2 Å². The van der Waals surface area contributed by atoms with Crippen LogP contribution in [0.3, 0.4) is 0 Å². The molecule has 0 aliphatic rings. The lowest BCUT2D eigenvalue weighted by Crippen LogP contribution is -2.18. The van der Waals surface area contributed by atoms with Crippen molar-refractivity contribution in [2.45, 2.75) is 39.3 Å². The van der Waals surface area contributed by atoms with Crippen molar-refractivity contribution in [3.63, 3.8) is 0 Å². The quantitative estimate of drug-likeness (QED) is 0.848. The van der Waals surface area contributed by atoms with Crippen LogP contribution in [-0.2, 0) is 6.54 Å². The maximum atomic E-state index is 13.2. The molecule has 0 saturated carbocycles. The number of halogens is 1. The van der Waals surface area contributed by atoms with Crippen LogP contribution >= 0.6 is 0 Å². The van der Waals surface area contributed by atoms with Gasteiger partial charge in [-0.2, -0.15) is 0 Å². The fourth-order valence-corrected chi connectivity index (χ4v) is 2.29. The number of benzene rings is 2. The first-order chi connectivity index (χ1) is 9.95. The molecule has 0 saturated heterocycles. The van der Waals surface area contributed by atoms with Gasteiger partial charge in [-0.1, -0.05) is 38.1 Å². The number of hydrogen-bond acceptors (Lipinski definition) is 2. The van der Waals surface area contributed by atoms with Crippen LogP contribution in [0.15, 0.2) is 42.5 Å². The third-order valence-electron chi connectivity index (χ3n) is 3.66. The van der Waals surface area contributed by atoms with Crippen LogP contribution in [0.2, 0.25) is 0 Å². The third-order valence-corrected chi connectivity index (χ3v) is 3.66. The molecule has 0 fully saturated rings. The summed E-state index contributed by atoms with van der Waals surface area (Å²) in [7, 11) is 0. The van der Waals surface area contributed by atoms with E-state index < -0.39 is 5.82 Å². The lowest BCUT2D eigenvalue weighted by atomic mass is 9.99. The van der Waals surface area contributed by atoms with E-state index in [9.17, 15) is 9.50 Å². The van der Waals surface area contributed by atoms with Gasteiger partial charge in [0.1, 0.15) is 11.6 Å². The minimum atomic E-state index is -0.416. The van der Waals surface area contributed by atoms with E-state index in [2.05, 4.69) is 50.4 Å². The highest BCUT2D eigenvalue weighted by molar-refractivity contribution is 5.29. The molecule has 21 heavy (non-hydrogen) atoms. The molecule has 0 radical (unpaired) electrons. The van der Waals surface area contributed by atoms with E-state index in [-0.39, 0.29) is 11.8 Å². The van der Waals surface area contributed by atoms with Crippen molar-refractivity contribution in [1.82, 2.24) is 5.32 Å². The zero-order valence-corrected chi connectivity index (χ0v) is 12.7. The van der Waals surface area contributed by atoms with Gasteiger partial charge in [-0.25, -0.2) is 4.39 Å². The summed E-state index contributed by atoms with van der Waals surface area (Å²) in [5, 5.41) is 12.7. The molecule has 0 aromatic heterocycles. The molecular formula is C18H22FNO. The van der Waals surface area contributed by atoms with E-state index >= 15 is 0 Å². The Bertz CT molecular complexity index is 572. The summed E-state index contributed by atoms with van der Waals surface area (Å²) in [5.41, 5.74) is 3.25. The molecule has 2 nitrogen and oxygen atoms in total. The van der Waals surface area contributed by atoms with Crippen LogP contribution in [0.4, 0.5) is 4.39 Å². The van der Waals surface area contributed by atoms with Crippen LogP contribution in [0.25, 0.3) is 0 Å². The Morgan fingerprint density at radius 3 is 2.19 bits per heavy atom. The monoisotopic (exact) mass is 287 g/mol. The lowest BCUT2D eigenvalue weighted by molar-refractivity contribution is 0.466. The Hall–Kier alpha value is -1.87. The minimum absolute atomic E-state index is 0.0410. The van der Waals surface area contributed by atoms with E-state index in [0.29, 0.717) is 12.5 Å². The molecule has 0 aliphatic carbocycles. The molecule has 2 N–H and O–H groups in total. The maximum Gasteiger partial charge on any atom is 0.127 e. The zero-order chi connectivity index (χ0) is 15.4. The Labute approximate surface area is 125 Å². The molecule has 1 unspecified atom stereocenters. The lowest BCUT2D eigenvalue weighted by Gasteiger charge is -2.16. The summed E-state index contributed by atoms with van der Waals surface area (Å²) in [6.07, 6.45) is 0. The fourth-order valence-electron chi connectivity index (χ4n) is 2.29. The summed E-state index contributed by atoms with van der Waals surface area (Å²) in [5.74, 6) is 0.0686. The molecule has 0 bridgehead atoms. The molecule has 0 aliphatic heterocycles. The van der Waals surface area contributed by atoms with Crippen LogP contribution in [0.5, 0.6) is 5.75 Å². The Kier molecular flexibility index (Phi) is 4.97. The van der Waals surface area contributed by atoms with Gasteiger partial charge in [-0.05, 0) is 41.7 Å². The molecule has 0 heterocycles. The highest BCUT2D eigenvalue weighted by Crippen LogP contribution is 2.20. The Morgan fingerprint density at radius 2 is 1.62 bits per heavy atom. The summed E-state index contributed by atoms with van der Waals surface area (Å²) in [4.78, 5) is 0. The predicted molar refractivity (Wildman–Crippen MR) is 83.9 cm³/mol. The van der Waals surface area contributed by atoms with Crippen molar-refractivity contribution in [1.29, 1.82) is 0 Å². The molecule has 2 aromatic rings. The summed E-state index contributed by atoms with van der Waals surface area (Å²) in [6.45, 7) is 6.93. The van der Waals surface area contributed by atoms with Gasteiger partial charge in [-0.15, -0.1) is 0 Å². The van der Waals surface area contributed by atoms with Gasteiger partial charge in [0.05, 0.1) is 0 Å². The predicted octanol–water partition coefficient (Wildman–Crippen LogP) is 4.51. The average Bonchev–Trinajstić information content (AvgIpc) is 2.44. The van der Waals surface area contributed by atoms with E-state index in [1.807, 2.05) is 0 Å². The van der Waals surface area contributed by atoms with Crippen molar-refractivity contribution in [2.24, 2.45) is 0 Å². The summed E-state index contributed by atoms with van der Waals surface area (Å²) in [6, 6.07) is 12.8. The molecule has 0 amide bonds. The van der Waals surface area contributed by atoms with E-state index in [4.69, 9.17) is 0 Å². The average molecular weight is 287 g/mol. The summed E-state index contributed by atoms with van der Waals surface area (Å²) >= 11 is 0. The van der Waals surface area contributed by atoms with Gasteiger partial charge in [0.25, 0.3) is 0 Å². The highest BCUT2D eigenvalue weighted by Gasteiger charge is 2.07. The first kappa shape index (κ1) is 15.5. The van der Waals surface area contributed by atoms with Gasteiger partial charge < -0.3 is 10.4 Å². The molecular weight excluding hydrogens is 265 g/mol.